The van der Waals surface area contributed by atoms with Crippen LogP contribution in [0.2, 0.25) is 5.02 Å². The van der Waals surface area contributed by atoms with Crippen LogP contribution in [-0.4, -0.2) is 16.1 Å². The van der Waals surface area contributed by atoms with Gasteiger partial charge in [0, 0.05) is 33.0 Å². The zero-order valence-corrected chi connectivity index (χ0v) is 10.3. The van der Waals surface area contributed by atoms with E-state index in [9.17, 15) is 4.79 Å². The maximum absolute atomic E-state index is 11.0. The van der Waals surface area contributed by atoms with E-state index in [1.165, 1.54) is 6.20 Å². The largest absolute Gasteiger partial charge is 0.478 e. The first-order valence-electron chi connectivity index (χ1n) is 4.45. The van der Waals surface area contributed by atoms with Crippen molar-refractivity contribution in [3.05, 3.63) is 45.7 Å². The number of aromatic amines is 1. The van der Waals surface area contributed by atoms with E-state index in [-0.39, 0.29) is 5.56 Å². The number of hydrogen-bond donors (Lipinski definition) is 2. The van der Waals surface area contributed by atoms with Crippen molar-refractivity contribution in [1.82, 2.24) is 4.98 Å². The zero-order chi connectivity index (χ0) is 11.7. The van der Waals surface area contributed by atoms with Crippen LogP contribution < -0.4 is 0 Å². The van der Waals surface area contributed by atoms with Crippen LogP contribution in [-0.2, 0) is 0 Å². The highest BCUT2D eigenvalue weighted by molar-refractivity contribution is 9.10. The summed E-state index contributed by atoms with van der Waals surface area (Å²) in [5.41, 5.74) is 1.48. The van der Waals surface area contributed by atoms with Crippen LogP contribution in [0, 0.1) is 0 Å². The molecule has 0 amide bonds. The fourth-order valence-corrected chi connectivity index (χ4v) is 2.05. The molecule has 1 heterocycles. The highest BCUT2D eigenvalue weighted by Crippen LogP contribution is 2.32. The molecule has 0 aliphatic heterocycles. The number of nitrogens with one attached hydrogen (secondary N) is 1. The summed E-state index contributed by atoms with van der Waals surface area (Å²) in [6.07, 6.45) is 3.06. The quantitative estimate of drug-likeness (QED) is 0.886. The Morgan fingerprint density at radius 1 is 1.31 bits per heavy atom. The first kappa shape index (κ1) is 11.2. The monoisotopic (exact) mass is 299 g/mol. The Bertz CT molecular complexity index is 551. The van der Waals surface area contributed by atoms with E-state index in [1.54, 1.807) is 24.4 Å². The molecule has 1 aromatic carbocycles. The maximum Gasteiger partial charge on any atom is 0.337 e. The Morgan fingerprint density at radius 3 is 2.75 bits per heavy atom. The Hall–Kier alpha value is -1.26. The molecular weight excluding hydrogens is 293 g/mol. The molecule has 2 rings (SSSR count). The molecule has 2 N–H and O–H groups in total. The van der Waals surface area contributed by atoms with Crippen LogP contribution in [0.5, 0.6) is 0 Å². The summed E-state index contributed by atoms with van der Waals surface area (Å²) < 4.78 is 0.851. The van der Waals surface area contributed by atoms with Gasteiger partial charge in [-0.25, -0.2) is 4.79 Å². The number of hydrogen-bond acceptors (Lipinski definition) is 1. The lowest BCUT2D eigenvalue weighted by Gasteiger charge is -2.04. The normalized spacial score (nSPS) is 10.4. The number of aromatic carboxylic acids is 1. The third kappa shape index (κ3) is 1.99. The van der Waals surface area contributed by atoms with Gasteiger partial charge in [-0.1, -0.05) is 27.5 Å². The molecule has 5 heteroatoms. The summed E-state index contributed by atoms with van der Waals surface area (Å²) in [7, 11) is 0. The summed E-state index contributed by atoms with van der Waals surface area (Å²) in [5.74, 6) is -0.979. The topological polar surface area (TPSA) is 53.1 Å². The summed E-state index contributed by atoms with van der Waals surface area (Å²) in [4.78, 5) is 13.7. The van der Waals surface area contributed by atoms with E-state index in [2.05, 4.69) is 20.9 Å². The first-order valence-corrected chi connectivity index (χ1v) is 5.62. The number of carboxylic acids is 1. The van der Waals surface area contributed by atoms with E-state index >= 15 is 0 Å². The van der Waals surface area contributed by atoms with Gasteiger partial charge in [0.05, 0.1) is 5.56 Å². The molecule has 0 fully saturated rings. The molecule has 0 saturated heterocycles. The van der Waals surface area contributed by atoms with Crippen LogP contribution in [0.4, 0.5) is 0 Å². The molecule has 0 spiro atoms. The number of aromatic nitrogens is 1. The fraction of sp³-hybridized carbons (Fsp3) is 0. The molecule has 0 bridgehead atoms. The lowest BCUT2D eigenvalue weighted by Crippen LogP contribution is -1.96. The Balaban J connectivity index is 2.62. The molecule has 0 atom stereocenters. The molecular formula is C11H7BrClNO2. The van der Waals surface area contributed by atoms with Crippen molar-refractivity contribution >= 4 is 33.5 Å². The van der Waals surface area contributed by atoms with Crippen molar-refractivity contribution in [1.29, 1.82) is 0 Å². The lowest BCUT2D eigenvalue weighted by atomic mass is 10.1. The Labute approximate surface area is 105 Å². The van der Waals surface area contributed by atoms with E-state index in [0.29, 0.717) is 16.1 Å². The summed E-state index contributed by atoms with van der Waals surface area (Å²) in [6.45, 7) is 0. The minimum Gasteiger partial charge on any atom is -0.478 e. The molecule has 82 valence electrons. The van der Waals surface area contributed by atoms with Crippen molar-refractivity contribution in [3.8, 4) is 11.1 Å². The summed E-state index contributed by atoms with van der Waals surface area (Å²) in [6, 6.07) is 5.32. The predicted molar refractivity (Wildman–Crippen MR) is 65.9 cm³/mol. The van der Waals surface area contributed by atoms with Crippen LogP contribution in [0.1, 0.15) is 10.4 Å². The third-order valence-corrected chi connectivity index (χ3v) is 3.02. The second kappa shape index (κ2) is 4.31. The number of rotatable bonds is 2. The van der Waals surface area contributed by atoms with E-state index in [0.717, 1.165) is 4.47 Å². The van der Waals surface area contributed by atoms with Crippen molar-refractivity contribution in [2.75, 3.05) is 0 Å². The third-order valence-electron chi connectivity index (χ3n) is 2.19. The van der Waals surface area contributed by atoms with Gasteiger partial charge in [-0.3, -0.25) is 0 Å². The number of carbonyl (C=O) groups is 1. The van der Waals surface area contributed by atoms with Gasteiger partial charge in [-0.15, -0.1) is 0 Å². The minimum absolute atomic E-state index is 0.208. The second-order valence-corrected chi connectivity index (χ2v) is 4.53. The van der Waals surface area contributed by atoms with Crippen molar-refractivity contribution in [2.45, 2.75) is 0 Å². The fourth-order valence-electron chi connectivity index (χ4n) is 1.47. The highest BCUT2D eigenvalue weighted by Gasteiger charge is 2.14. The van der Waals surface area contributed by atoms with E-state index < -0.39 is 5.97 Å². The van der Waals surface area contributed by atoms with E-state index in [1.807, 2.05) is 0 Å². The standard InChI is InChI=1S/C11H7BrClNO2/c12-6-1-2-10(13)7(3-6)8-4-14-5-9(8)11(15)16/h1-5,14H,(H,15,16). The first-order chi connectivity index (χ1) is 7.59. The van der Waals surface area contributed by atoms with Crippen molar-refractivity contribution < 1.29 is 9.90 Å². The Kier molecular flexibility index (Phi) is 3.03. The van der Waals surface area contributed by atoms with Crippen LogP contribution in [0.15, 0.2) is 35.1 Å². The molecule has 0 saturated carbocycles. The molecule has 0 aliphatic carbocycles. The smallest absolute Gasteiger partial charge is 0.337 e. The van der Waals surface area contributed by atoms with Crippen LogP contribution >= 0.6 is 27.5 Å². The van der Waals surface area contributed by atoms with Crippen LogP contribution in [0.25, 0.3) is 11.1 Å². The van der Waals surface area contributed by atoms with Crippen molar-refractivity contribution in [2.24, 2.45) is 0 Å². The van der Waals surface area contributed by atoms with Gasteiger partial charge in [-0.05, 0) is 18.2 Å². The second-order valence-electron chi connectivity index (χ2n) is 3.21. The molecule has 16 heavy (non-hydrogen) atoms. The highest BCUT2D eigenvalue weighted by atomic mass is 79.9. The number of halogens is 2. The number of H-pyrrole nitrogens is 1. The maximum atomic E-state index is 11.0. The minimum atomic E-state index is -0.979. The van der Waals surface area contributed by atoms with Crippen molar-refractivity contribution in [3.63, 3.8) is 0 Å². The number of carboxylic acid groups (broad SMARTS) is 1. The van der Waals surface area contributed by atoms with Gasteiger partial charge < -0.3 is 10.1 Å². The molecule has 2 aromatic rings. The van der Waals surface area contributed by atoms with Gasteiger partial charge in [0.1, 0.15) is 0 Å². The SMILES string of the molecule is O=C(O)c1c[nH]cc1-c1cc(Br)ccc1Cl. The predicted octanol–water partition coefficient (Wildman–Crippen LogP) is 3.80. The molecule has 0 unspecified atom stereocenters. The van der Waals surface area contributed by atoms with E-state index in [4.69, 9.17) is 16.7 Å². The summed E-state index contributed by atoms with van der Waals surface area (Å²) in [5, 5.41) is 9.52. The zero-order valence-electron chi connectivity index (χ0n) is 8.00. The number of benzene rings is 1. The molecule has 1 aromatic heterocycles. The van der Waals surface area contributed by atoms with Gasteiger partial charge in [0.15, 0.2) is 0 Å². The van der Waals surface area contributed by atoms with Crippen LogP contribution in [0.3, 0.4) is 0 Å². The molecule has 0 aliphatic rings. The molecule has 3 nitrogen and oxygen atoms in total. The van der Waals surface area contributed by atoms with Gasteiger partial charge in [0.25, 0.3) is 0 Å². The average Bonchev–Trinajstić information content (AvgIpc) is 2.70. The van der Waals surface area contributed by atoms with Gasteiger partial charge in [0.2, 0.25) is 0 Å². The van der Waals surface area contributed by atoms with Gasteiger partial charge in [-0.2, -0.15) is 0 Å². The lowest BCUT2D eigenvalue weighted by molar-refractivity contribution is 0.0698. The average molecular weight is 301 g/mol. The van der Waals surface area contributed by atoms with Gasteiger partial charge >= 0.3 is 5.97 Å². The summed E-state index contributed by atoms with van der Waals surface area (Å²) >= 11 is 9.36. The Morgan fingerprint density at radius 2 is 2.06 bits per heavy atom. The molecule has 0 radical (unpaired) electrons.